The van der Waals surface area contributed by atoms with Gasteiger partial charge in [0.2, 0.25) is 5.91 Å². The number of amides is 2. The summed E-state index contributed by atoms with van der Waals surface area (Å²) >= 11 is 0. The van der Waals surface area contributed by atoms with E-state index in [9.17, 15) is 9.59 Å². The topological polar surface area (TPSA) is 57.6 Å². The molecular formula is C12H13NO3. The van der Waals surface area contributed by atoms with Crippen molar-refractivity contribution in [3.05, 3.63) is 35.4 Å². The largest absolute Gasteiger partial charge is 0.394 e. The molecule has 0 radical (unpaired) electrons. The van der Waals surface area contributed by atoms with Gasteiger partial charge in [-0.05, 0) is 18.6 Å². The molecule has 2 amide bonds. The molecule has 16 heavy (non-hydrogen) atoms. The maximum Gasteiger partial charge on any atom is 0.261 e. The summed E-state index contributed by atoms with van der Waals surface area (Å²) in [5.41, 5.74) is 1.32. The van der Waals surface area contributed by atoms with Crippen LogP contribution in [0.2, 0.25) is 0 Å². The predicted molar refractivity (Wildman–Crippen MR) is 57.9 cm³/mol. The number of carbonyl (C=O) groups excluding carboxylic acids is 2. The van der Waals surface area contributed by atoms with E-state index in [1.165, 1.54) is 0 Å². The third-order valence-corrected chi connectivity index (χ3v) is 2.78. The molecule has 0 saturated heterocycles. The summed E-state index contributed by atoms with van der Waals surface area (Å²) in [5, 5.41) is 9.02. The number of hydrogen-bond donors (Lipinski definition) is 1. The second kappa shape index (κ2) is 4.06. The van der Waals surface area contributed by atoms with Crippen molar-refractivity contribution in [3.63, 3.8) is 0 Å². The van der Waals surface area contributed by atoms with Gasteiger partial charge < -0.3 is 5.11 Å². The maximum atomic E-state index is 12.0. The molecule has 0 aromatic heterocycles. The Hall–Kier alpha value is -1.68. The molecule has 1 heterocycles. The Bertz CT molecular complexity index is 442. The number of fused-ring (bicyclic) bond motifs is 1. The number of rotatable bonds is 2. The van der Waals surface area contributed by atoms with Crippen molar-refractivity contribution < 1.29 is 14.7 Å². The van der Waals surface area contributed by atoms with E-state index in [2.05, 4.69) is 0 Å². The van der Waals surface area contributed by atoms with Crippen molar-refractivity contribution in [2.24, 2.45) is 0 Å². The summed E-state index contributed by atoms with van der Waals surface area (Å²) in [6, 6.07) is 6.61. The fraction of sp³-hybridized carbons (Fsp3) is 0.333. The lowest BCUT2D eigenvalue weighted by molar-refractivity contribution is -0.130. The smallest absolute Gasteiger partial charge is 0.261 e. The maximum absolute atomic E-state index is 12.0. The zero-order valence-electron chi connectivity index (χ0n) is 9.01. The van der Waals surface area contributed by atoms with E-state index in [0.29, 0.717) is 5.56 Å². The fourth-order valence-electron chi connectivity index (χ4n) is 1.90. The van der Waals surface area contributed by atoms with Gasteiger partial charge in [0.1, 0.15) is 0 Å². The predicted octanol–water partition coefficient (Wildman–Crippen LogP) is 0.592. The Morgan fingerprint density at radius 1 is 1.38 bits per heavy atom. The lowest BCUT2D eigenvalue weighted by atomic mass is 9.97. The molecule has 4 nitrogen and oxygen atoms in total. The second-order valence-corrected chi connectivity index (χ2v) is 3.93. The number of aliphatic hydroxyl groups is 1. The molecule has 0 saturated carbocycles. The van der Waals surface area contributed by atoms with Gasteiger partial charge in [-0.25, -0.2) is 0 Å². The van der Waals surface area contributed by atoms with E-state index >= 15 is 0 Å². The number of carbonyl (C=O) groups is 2. The van der Waals surface area contributed by atoms with Gasteiger partial charge in [-0.1, -0.05) is 18.2 Å². The lowest BCUT2D eigenvalue weighted by Crippen LogP contribution is -2.48. The fourth-order valence-corrected chi connectivity index (χ4v) is 1.90. The molecule has 0 aliphatic carbocycles. The minimum absolute atomic E-state index is 0.209. The van der Waals surface area contributed by atoms with Crippen molar-refractivity contribution in [2.45, 2.75) is 19.4 Å². The number of imide groups is 1. The highest BCUT2D eigenvalue weighted by molar-refractivity contribution is 6.09. The lowest BCUT2D eigenvalue weighted by Gasteiger charge is -2.30. The van der Waals surface area contributed by atoms with Crippen LogP contribution < -0.4 is 0 Å². The molecule has 0 bridgehead atoms. The van der Waals surface area contributed by atoms with Crippen molar-refractivity contribution in [3.8, 4) is 0 Å². The number of benzene rings is 1. The minimum Gasteiger partial charge on any atom is -0.394 e. The summed E-state index contributed by atoms with van der Waals surface area (Å²) < 4.78 is 0. The third kappa shape index (κ3) is 1.61. The zero-order chi connectivity index (χ0) is 11.7. The molecule has 1 aliphatic rings. The SMILES string of the molecule is C[C@@H](CO)N1C(=O)Cc2ccccc2C1=O. The number of aliphatic hydroxyl groups excluding tert-OH is 1. The van der Waals surface area contributed by atoms with Gasteiger partial charge in [-0.15, -0.1) is 0 Å². The molecule has 84 valence electrons. The van der Waals surface area contributed by atoms with Gasteiger partial charge in [-0.2, -0.15) is 0 Å². The second-order valence-electron chi connectivity index (χ2n) is 3.93. The van der Waals surface area contributed by atoms with E-state index in [1.54, 1.807) is 25.1 Å². The summed E-state index contributed by atoms with van der Waals surface area (Å²) in [7, 11) is 0. The Kier molecular flexibility index (Phi) is 2.75. The van der Waals surface area contributed by atoms with Gasteiger partial charge in [0.15, 0.2) is 0 Å². The van der Waals surface area contributed by atoms with Crippen molar-refractivity contribution in [2.75, 3.05) is 6.61 Å². The molecule has 0 fully saturated rings. The Morgan fingerprint density at radius 3 is 2.75 bits per heavy atom. The van der Waals surface area contributed by atoms with Crippen LogP contribution in [-0.2, 0) is 11.2 Å². The van der Waals surface area contributed by atoms with Crippen molar-refractivity contribution in [1.82, 2.24) is 4.90 Å². The van der Waals surface area contributed by atoms with E-state index in [0.717, 1.165) is 10.5 Å². The quantitative estimate of drug-likeness (QED) is 0.741. The van der Waals surface area contributed by atoms with Gasteiger partial charge in [0.25, 0.3) is 5.91 Å². The zero-order valence-corrected chi connectivity index (χ0v) is 9.01. The Labute approximate surface area is 93.5 Å². The summed E-state index contributed by atoms with van der Waals surface area (Å²) in [5.74, 6) is -0.557. The summed E-state index contributed by atoms with van der Waals surface area (Å²) in [4.78, 5) is 24.9. The van der Waals surface area contributed by atoms with Crippen LogP contribution in [0.15, 0.2) is 24.3 Å². The van der Waals surface area contributed by atoms with Crippen LogP contribution in [-0.4, -0.2) is 34.5 Å². The number of hydrogen-bond acceptors (Lipinski definition) is 3. The van der Waals surface area contributed by atoms with Crippen LogP contribution in [0.4, 0.5) is 0 Å². The molecular weight excluding hydrogens is 206 g/mol. The van der Waals surface area contributed by atoms with E-state index in [1.807, 2.05) is 6.07 Å². The molecule has 0 unspecified atom stereocenters. The molecule has 1 aliphatic heterocycles. The van der Waals surface area contributed by atoms with E-state index in [-0.39, 0.29) is 24.8 Å². The van der Waals surface area contributed by atoms with E-state index < -0.39 is 6.04 Å². The molecule has 1 aromatic carbocycles. The summed E-state index contributed by atoms with van der Waals surface area (Å²) in [6.07, 6.45) is 0.228. The van der Waals surface area contributed by atoms with Crippen LogP contribution in [0.3, 0.4) is 0 Å². The summed E-state index contributed by atoms with van der Waals surface area (Å²) in [6.45, 7) is 1.45. The molecule has 1 atom stereocenters. The van der Waals surface area contributed by atoms with Crippen LogP contribution in [0.1, 0.15) is 22.8 Å². The highest BCUT2D eigenvalue weighted by Crippen LogP contribution is 2.21. The molecule has 1 N–H and O–H groups in total. The van der Waals surface area contributed by atoms with Crippen LogP contribution in [0.5, 0.6) is 0 Å². The van der Waals surface area contributed by atoms with Gasteiger partial charge >= 0.3 is 0 Å². The normalized spacial score (nSPS) is 17.2. The minimum atomic E-state index is -0.464. The molecule has 4 heteroatoms. The monoisotopic (exact) mass is 219 g/mol. The number of nitrogens with zero attached hydrogens (tertiary/aromatic N) is 1. The highest BCUT2D eigenvalue weighted by atomic mass is 16.3. The third-order valence-electron chi connectivity index (χ3n) is 2.78. The highest BCUT2D eigenvalue weighted by Gasteiger charge is 2.33. The first-order valence-electron chi connectivity index (χ1n) is 5.20. The van der Waals surface area contributed by atoms with Crippen molar-refractivity contribution >= 4 is 11.8 Å². The first kappa shape index (κ1) is 10.8. The van der Waals surface area contributed by atoms with Crippen LogP contribution in [0, 0.1) is 0 Å². The average molecular weight is 219 g/mol. The first-order chi connectivity index (χ1) is 7.65. The van der Waals surface area contributed by atoms with Gasteiger partial charge in [0.05, 0.1) is 19.1 Å². The van der Waals surface area contributed by atoms with Crippen LogP contribution in [0.25, 0.3) is 0 Å². The first-order valence-corrected chi connectivity index (χ1v) is 5.20. The molecule has 1 aromatic rings. The van der Waals surface area contributed by atoms with E-state index in [4.69, 9.17) is 5.11 Å². The average Bonchev–Trinajstić information content (AvgIpc) is 2.28. The molecule has 0 spiro atoms. The van der Waals surface area contributed by atoms with Crippen molar-refractivity contribution in [1.29, 1.82) is 0 Å². The van der Waals surface area contributed by atoms with Gasteiger partial charge in [-0.3, -0.25) is 14.5 Å². The molecule has 2 rings (SSSR count). The van der Waals surface area contributed by atoms with Gasteiger partial charge in [0, 0.05) is 5.56 Å². The Balaban J connectivity index is 2.42. The Morgan fingerprint density at radius 2 is 2.06 bits per heavy atom. The van der Waals surface area contributed by atoms with Crippen LogP contribution >= 0.6 is 0 Å². The standard InChI is InChI=1S/C12H13NO3/c1-8(7-14)13-11(15)6-9-4-2-3-5-10(9)12(13)16/h2-5,8,14H,6-7H2,1H3/t8-/m0/s1.